The second-order valence-corrected chi connectivity index (χ2v) is 2.92. The van der Waals surface area contributed by atoms with Crippen molar-refractivity contribution in [1.82, 2.24) is 5.32 Å². The Hall–Kier alpha value is -0.610. The first-order valence-corrected chi connectivity index (χ1v) is 3.58. The third-order valence-corrected chi connectivity index (χ3v) is 1.76. The van der Waals surface area contributed by atoms with E-state index < -0.39 is 0 Å². The number of nitrogens with one attached hydrogen (secondary N) is 1. The minimum Gasteiger partial charge on any atom is -0.467 e. The quantitative estimate of drug-likeness (QED) is 0.566. The molecule has 0 spiro atoms. The van der Waals surface area contributed by atoms with Gasteiger partial charge in [-0.15, -0.1) is 0 Å². The summed E-state index contributed by atoms with van der Waals surface area (Å²) in [5.74, 6) is -0.321. The van der Waals surface area contributed by atoms with E-state index in [-0.39, 0.29) is 18.2 Å². The van der Waals surface area contributed by atoms with Gasteiger partial charge in [0, 0.05) is 13.1 Å². The summed E-state index contributed by atoms with van der Waals surface area (Å²) in [5.41, 5.74) is -0.159. The summed E-state index contributed by atoms with van der Waals surface area (Å²) in [6.45, 7) is 3.63. The lowest BCUT2D eigenvalue weighted by atomic mass is 10.0. The first-order chi connectivity index (χ1) is 5.16. The summed E-state index contributed by atoms with van der Waals surface area (Å²) >= 11 is 0. The van der Waals surface area contributed by atoms with Gasteiger partial charge in [-0.1, -0.05) is 0 Å². The van der Waals surface area contributed by atoms with Gasteiger partial charge in [0.25, 0.3) is 0 Å². The van der Waals surface area contributed by atoms with Crippen molar-refractivity contribution in [3.63, 3.8) is 0 Å². The Kier molecular flexibility index (Phi) is 2.46. The van der Waals surface area contributed by atoms with E-state index in [0.717, 1.165) is 13.1 Å². The molecule has 0 unspecified atom stereocenters. The summed E-state index contributed by atoms with van der Waals surface area (Å²) in [5, 5.41) is 3.07. The van der Waals surface area contributed by atoms with Crippen LogP contribution in [0.1, 0.15) is 6.92 Å². The minimum absolute atomic E-state index is 0.0503. The van der Waals surface area contributed by atoms with Gasteiger partial charge in [0.1, 0.15) is 6.61 Å². The summed E-state index contributed by atoms with van der Waals surface area (Å²) in [4.78, 5) is 10.6. The minimum atomic E-state index is -0.321. The number of hydrogen-bond acceptors (Lipinski definition) is 4. The molecule has 0 amide bonds. The zero-order chi connectivity index (χ0) is 8.32. The van der Waals surface area contributed by atoms with Crippen LogP contribution in [0.5, 0.6) is 0 Å². The van der Waals surface area contributed by atoms with E-state index in [9.17, 15) is 4.79 Å². The summed E-state index contributed by atoms with van der Waals surface area (Å²) in [6, 6.07) is 0. The lowest BCUT2D eigenvalue weighted by molar-refractivity contribution is -0.155. The molecular formula is C7H13NO3. The standard InChI is InChI=1S/C7H13NO3/c1-7(4-8-5-7)11-3-6(9)10-2/h8H,3-5H2,1-2H3. The highest BCUT2D eigenvalue weighted by atomic mass is 16.6. The average Bonchev–Trinajstić information content (AvgIpc) is 1.96. The Morgan fingerprint density at radius 3 is 2.64 bits per heavy atom. The van der Waals surface area contributed by atoms with Crippen molar-refractivity contribution in [3.05, 3.63) is 0 Å². The fourth-order valence-corrected chi connectivity index (χ4v) is 0.871. The van der Waals surface area contributed by atoms with Crippen molar-refractivity contribution >= 4 is 5.97 Å². The molecule has 64 valence electrons. The highest BCUT2D eigenvalue weighted by Crippen LogP contribution is 2.14. The number of hydrogen-bond donors (Lipinski definition) is 1. The molecule has 0 aliphatic carbocycles. The number of ether oxygens (including phenoxy) is 2. The zero-order valence-corrected chi connectivity index (χ0v) is 6.85. The maximum absolute atomic E-state index is 10.6. The van der Waals surface area contributed by atoms with Gasteiger partial charge in [-0.3, -0.25) is 0 Å². The molecule has 1 N–H and O–H groups in total. The van der Waals surface area contributed by atoms with Gasteiger partial charge >= 0.3 is 5.97 Å². The van der Waals surface area contributed by atoms with Crippen LogP contribution < -0.4 is 5.32 Å². The average molecular weight is 159 g/mol. The van der Waals surface area contributed by atoms with Crippen molar-refractivity contribution in [3.8, 4) is 0 Å². The van der Waals surface area contributed by atoms with Gasteiger partial charge < -0.3 is 14.8 Å². The topological polar surface area (TPSA) is 47.6 Å². The Labute approximate surface area is 65.9 Å². The smallest absolute Gasteiger partial charge is 0.331 e. The van der Waals surface area contributed by atoms with Crippen LogP contribution in [-0.4, -0.2) is 38.4 Å². The van der Waals surface area contributed by atoms with Crippen LogP contribution in [0, 0.1) is 0 Å². The highest BCUT2D eigenvalue weighted by molar-refractivity contribution is 5.70. The Morgan fingerprint density at radius 2 is 2.27 bits per heavy atom. The fraction of sp³-hybridized carbons (Fsp3) is 0.857. The molecule has 11 heavy (non-hydrogen) atoms. The Balaban J connectivity index is 2.16. The van der Waals surface area contributed by atoms with Crippen molar-refractivity contribution in [2.24, 2.45) is 0 Å². The van der Waals surface area contributed by atoms with Crippen LogP contribution in [0.25, 0.3) is 0 Å². The predicted octanol–water partition coefficient (Wildman–Crippen LogP) is -0.462. The Morgan fingerprint density at radius 1 is 1.64 bits per heavy atom. The van der Waals surface area contributed by atoms with Gasteiger partial charge in [0.2, 0.25) is 0 Å². The molecule has 1 aliphatic heterocycles. The molecule has 0 bridgehead atoms. The van der Waals surface area contributed by atoms with Crippen LogP contribution >= 0.6 is 0 Å². The van der Waals surface area contributed by atoms with Crippen LogP contribution in [-0.2, 0) is 14.3 Å². The Bertz CT molecular complexity index is 154. The molecule has 0 aromatic heterocycles. The molecule has 4 nitrogen and oxygen atoms in total. The third-order valence-electron chi connectivity index (χ3n) is 1.76. The number of carbonyl (C=O) groups excluding carboxylic acids is 1. The van der Waals surface area contributed by atoms with Gasteiger partial charge in [0.15, 0.2) is 0 Å². The van der Waals surface area contributed by atoms with Crippen LogP contribution in [0.3, 0.4) is 0 Å². The molecule has 0 aromatic rings. The van der Waals surface area contributed by atoms with Crippen LogP contribution in [0.15, 0.2) is 0 Å². The largest absolute Gasteiger partial charge is 0.467 e. The van der Waals surface area contributed by atoms with Gasteiger partial charge in [-0.25, -0.2) is 4.79 Å². The van der Waals surface area contributed by atoms with E-state index in [0.29, 0.717) is 0 Å². The third kappa shape index (κ3) is 2.17. The van der Waals surface area contributed by atoms with Crippen molar-refractivity contribution in [2.75, 3.05) is 26.8 Å². The lowest BCUT2D eigenvalue weighted by Crippen LogP contribution is -2.59. The number of esters is 1. The number of rotatable bonds is 3. The monoisotopic (exact) mass is 159 g/mol. The van der Waals surface area contributed by atoms with Crippen molar-refractivity contribution < 1.29 is 14.3 Å². The number of methoxy groups -OCH3 is 1. The molecule has 1 saturated heterocycles. The molecule has 1 rings (SSSR count). The molecular weight excluding hydrogens is 146 g/mol. The van der Waals surface area contributed by atoms with Gasteiger partial charge in [0.05, 0.1) is 12.7 Å². The normalized spacial score (nSPS) is 20.5. The van der Waals surface area contributed by atoms with Crippen molar-refractivity contribution in [1.29, 1.82) is 0 Å². The van der Waals surface area contributed by atoms with Crippen molar-refractivity contribution in [2.45, 2.75) is 12.5 Å². The first kappa shape index (κ1) is 8.49. The molecule has 0 radical (unpaired) electrons. The van der Waals surface area contributed by atoms with Crippen LogP contribution in [0.4, 0.5) is 0 Å². The second kappa shape index (κ2) is 3.19. The van der Waals surface area contributed by atoms with Gasteiger partial charge in [-0.05, 0) is 6.92 Å². The zero-order valence-electron chi connectivity index (χ0n) is 6.85. The maximum atomic E-state index is 10.6. The SMILES string of the molecule is COC(=O)COC1(C)CNC1. The van der Waals surface area contributed by atoms with Crippen LogP contribution in [0.2, 0.25) is 0 Å². The summed E-state index contributed by atoms with van der Waals surface area (Å²) < 4.78 is 9.71. The van der Waals surface area contributed by atoms with E-state index >= 15 is 0 Å². The molecule has 1 fully saturated rings. The van der Waals surface area contributed by atoms with E-state index in [2.05, 4.69) is 10.1 Å². The van der Waals surface area contributed by atoms with E-state index in [4.69, 9.17) is 4.74 Å². The first-order valence-electron chi connectivity index (χ1n) is 3.58. The van der Waals surface area contributed by atoms with E-state index in [1.165, 1.54) is 7.11 Å². The molecule has 0 saturated carbocycles. The van der Waals surface area contributed by atoms with E-state index in [1.54, 1.807) is 0 Å². The summed E-state index contributed by atoms with van der Waals surface area (Å²) in [6.07, 6.45) is 0. The molecule has 1 aliphatic rings. The fourth-order valence-electron chi connectivity index (χ4n) is 0.871. The molecule has 0 atom stereocenters. The van der Waals surface area contributed by atoms with Gasteiger partial charge in [-0.2, -0.15) is 0 Å². The summed E-state index contributed by atoms with van der Waals surface area (Å²) in [7, 11) is 1.35. The molecule has 1 heterocycles. The molecule has 4 heteroatoms. The second-order valence-electron chi connectivity index (χ2n) is 2.92. The predicted molar refractivity (Wildman–Crippen MR) is 39.2 cm³/mol. The number of carbonyl (C=O) groups is 1. The lowest BCUT2D eigenvalue weighted by Gasteiger charge is -2.38. The van der Waals surface area contributed by atoms with E-state index in [1.807, 2.05) is 6.92 Å². The maximum Gasteiger partial charge on any atom is 0.331 e. The molecule has 0 aromatic carbocycles. The highest BCUT2D eigenvalue weighted by Gasteiger charge is 2.33.